The molecule has 0 aliphatic carbocycles. The van der Waals surface area contributed by atoms with Crippen molar-refractivity contribution in [3.8, 4) is 0 Å². The number of amides is 1. The lowest BCUT2D eigenvalue weighted by Gasteiger charge is -2.11. The van der Waals surface area contributed by atoms with Gasteiger partial charge in [0.15, 0.2) is 0 Å². The van der Waals surface area contributed by atoms with E-state index in [1.54, 1.807) is 20.8 Å². The van der Waals surface area contributed by atoms with Gasteiger partial charge in [0.05, 0.1) is 18.5 Å². The number of hydrogen-bond acceptors (Lipinski definition) is 5. The van der Waals surface area contributed by atoms with Crippen LogP contribution in [0.2, 0.25) is 0 Å². The topological polar surface area (TPSA) is 81.2 Å². The summed E-state index contributed by atoms with van der Waals surface area (Å²) >= 11 is 0. The van der Waals surface area contributed by atoms with Crippen molar-refractivity contribution in [2.24, 2.45) is 0 Å². The molecule has 0 saturated heterocycles. The van der Waals surface area contributed by atoms with Gasteiger partial charge >= 0.3 is 5.97 Å². The maximum atomic E-state index is 11.7. The molecule has 1 aromatic heterocycles. The van der Waals surface area contributed by atoms with E-state index in [0.29, 0.717) is 0 Å². The Labute approximate surface area is 99.4 Å². The van der Waals surface area contributed by atoms with Gasteiger partial charge in [-0.05, 0) is 20.8 Å². The van der Waals surface area contributed by atoms with E-state index in [-0.39, 0.29) is 12.3 Å². The smallest absolute Gasteiger partial charge is 0.328 e. The van der Waals surface area contributed by atoms with E-state index >= 15 is 0 Å². The van der Waals surface area contributed by atoms with Crippen LogP contribution in [0.3, 0.4) is 0 Å². The summed E-state index contributed by atoms with van der Waals surface area (Å²) in [5.41, 5.74) is 0.895. The van der Waals surface area contributed by atoms with Gasteiger partial charge in [-0.25, -0.2) is 9.78 Å². The van der Waals surface area contributed by atoms with E-state index < -0.39 is 17.9 Å². The van der Waals surface area contributed by atoms with Crippen LogP contribution in [0.25, 0.3) is 0 Å². The number of aryl methyl sites for hydroxylation is 1. The van der Waals surface area contributed by atoms with Crippen molar-refractivity contribution in [3.05, 3.63) is 23.8 Å². The van der Waals surface area contributed by atoms with Crippen molar-refractivity contribution in [2.75, 3.05) is 6.61 Å². The SMILES string of the molecule is CCOC(=O)C(C)NC(=O)c1cnc(C)cn1. The number of aromatic nitrogens is 2. The molecule has 1 N–H and O–H groups in total. The molecule has 0 aliphatic heterocycles. The molecule has 1 amide bonds. The van der Waals surface area contributed by atoms with Crippen LogP contribution in [-0.2, 0) is 9.53 Å². The van der Waals surface area contributed by atoms with Gasteiger partial charge < -0.3 is 10.1 Å². The second-order valence-electron chi connectivity index (χ2n) is 3.49. The Morgan fingerprint density at radius 2 is 2.12 bits per heavy atom. The quantitative estimate of drug-likeness (QED) is 0.770. The van der Waals surface area contributed by atoms with Crippen molar-refractivity contribution in [1.82, 2.24) is 15.3 Å². The predicted molar refractivity (Wildman–Crippen MR) is 60.3 cm³/mol. The Morgan fingerprint density at radius 1 is 1.41 bits per heavy atom. The lowest BCUT2D eigenvalue weighted by Crippen LogP contribution is -2.39. The van der Waals surface area contributed by atoms with Crippen LogP contribution in [0.1, 0.15) is 30.0 Å². The van der Waals surface area contributed by atoms with E-state index in [2.05, 4.69) is 15.3 Å². The lowest BCUT2D eigenvalue weighted by molar-refractivity contribution is -0.144. The average molecular weight is 237 g/mol. The molecule has 6 heteroatoms. The van der Waals surface area contributed by atoms with Gasteiger partial charge in [0.1, 0.15) is 11.7 Å². The predicted octanol–water partition coefficient (Wildman–Crippen LogP) is 0.466. The minimum absolute atomic E-state index is 0.173. The van der Waals surface area contributed by atoms with Gasteiger partial charge in [-0.15, -0.1) is 0 Å². The molecule has 1 unspecified atom stereocenters. The van der Waals surface area contributed by atoms with E-state index in [0.717, 1.165) is 5.69 Å². The molecule has 0 saturated carbocycles. The fraction of sp³-hybridized carbons (Fsp3) is 0.455. The normalized spacial score (nSPS) is 11.7. The Kier molecular flexibility index (Phi) is 4.56. The summed E-state index contributed by atoms with van der Waals surface area (Å²) in [5.74, 6) is -0.918. The highest BCUT2D eigenvalue weighted by molar-refractivity contribution is 5.94. The number of nitrogens with zero attached hydrogens (tertiary/aromatic N) is 2. The highest BCUT2D eigenvalue weighted by Crippen LogP contribution is 1.96. The summed E-state index contributed by atoms with van der Waals surface area (Å²) in [4.78, 5) is 30.8. The monoisotopic (exact) mass is 237 g/mol. The van der Waals surface area contributed by atoms with Crippen LogP contribution in [0.15, 0.2) is 12.4 Å². The summed E-state index contributed by atoms with van der Waals surface area (Å²) in [7, 11) is 0. The highest BCUT2D eigenvalue weighted by atomic mass is 16.5. The first-order chi connectivity index (χ1) is 8.04. The Balaban J connectivity index is 2.60. The third-order valence-electron chi connectivity index (χ3n) is 2.00. The van der Waals surface area contributed by atoms with E-state index in [1.807, 2.05) is 0 Å². The van der Waals surface area contributed by atoms with Crippen LogP contribution in [0.5, 0.6) is 0 Å². The first-order valence-corrected chi connectivity index (χ1v) is 5.30. The van der Waals surface area contributed by atoms with Gasteiger partial charge in [-0.3, -0.25) is 9.78 Å². The number of hydrogen-bond donors (Lipinski definition) is 1. The van der Waals surface area contributed by atoms with Crippen LogP contribution in [-0.4, -0.2) is 34.5 Å². The molecule has 1 heterocycles. The minimum atomic E-state index is -0.703. The van der Waals surface area contributed by atoms with Gasteiger partial charge in [-0.1, -0.05) is 0 Å². The second kappa shape index (κ2) is 5.93. The minimum Gasteiger partial charge on any atom is -0.464 e. The Hall–Kier alpha value is -1.98. The van der Waals surface area contributed by atoms with Crippen molar-refractivity contribution >= 4 is 11.9 Å². The molecule has 0 bridgehead atoms. The first kappa shape index (κ1) is 13.1. The number of nitrogens with one attached hydrogen (secondary N) is 1. The Bertz CT molecular complexity index is 403. The van der Waals surface area contributed by atoms with Gasteiger partial charge in [0.25, 0.3) is 5.91 Å². The molecular weight excluding hydrogens is 222 g/mol. The van der Waals surface area contributed by atoms with Crippen LogP contribution in [0, 0.1) is 6.92 Å². The maximum absolute atomic E-state index is 11.7. The van der Waals surface area contributed by atoms with Gasteiger partial charge in [0, 0.05) is 6.20 Å². The van der Waals surface area contributed by atoms with E-state index in [1.165, 1.54) is 12.4 Å². The zero-order chi connectivity index (χ0) is 12.8. The molecular formula is C11H15N3O3. The molecule has 1 aromatic rings. The summed E-state index contributed by atoms with van der Waals surface area (Å²) in [5, 5.41) is 2.48. The zero-order valence-corrected chi connectivity index (χ0v) is 10.1. The maximum Gasteiger partial charge on any atom is 0.328 e. The summed E-state index contributed by atoms with van der Waals surface area (Å²) in [6.45, 7) is 5.31. The third-order valence-corrected chi connectivity index (χ3v) is 2.00. The first-order valence-electron chi connectivity index (χ1n) is 5.30. The van der Waals surface area contributed by atoms with Crippen LogP contribution >= 0.6 is 0 Å². The van der Waals surface area contributed by atoms with Crippen LogP contribution < -0.4 is 5.32 Å². The average Bonchev–Trinajstić information content (AvgIpc) is 2.30. The third kappa shape index (κ3) is 3.82. The summed E-state index contributed by atoms with van der Waals surface area (Å²) in [6, 6.07) is -0.703. The van der Waals surface area contributed by atoms with Crippen molar-refractivity contribution in [3.63, 3.8) is 0 Å². The molecule has 6 nitrogen and oxygen atoms in total. The molecule has 0 fully saturated rings. The van der Waals surface area contributed by atoms with E-state index in [9.17, 15) is 9.59 Å². The fourth-order valence-corrected chi connectivity index (χ4v) is 1.11. The molecule has 0 aromatic carbocycles. The summed E-state index contributed by atoms with van der Waals surface area (Å²) < 4.78 is 4.77. The molecule has 92 valence electrons. The number of carbonyl (C=O) groups is 2. The number of ether oxygens (including phenoxy) is 1. The lowest BCUT2D eigenvalue weighted by atomic mass is 10.3. The van der Waals surface area contributed by atoms with Gasteiger partial charge in [0.2, 0.25) is 0 Å². The standard InChI is InChI=1S/C11H15N3O3/c1-4-17-11(16)8(3)14-10(15)9-6-12-7(2)5-13-9/h5-6,8H,4H2,1-3H3,(H,14,15). The number of rotatable bonds is 4. The molecule has 0 radical (unpaired) electrons. The Morgan fingerprint density at radius 3 is 2.65 bits per heavy atom. The second-order valence-corrected chi connectivity index (χ2v) is 3.49. The highest BCUT2D eigenvalue weighted by Gasteiger charge is 2.18. The molecule has 1 atom stereocenters. The van der Waals surface area contributed by atoms with Gasteiger partial charge in [-0.2, -0.15) is 0 Å². The summed E-state index contributed by atoms with van der Waals surface area (Å²) in [6.07, 6.45) is 2.85. The molecule has 17 heavy (non-hydrogen) atoms. The molecule has 0 spiro atoms. The number of carbonyl (C=O) groups excluding carboxylic acids is 2. The van der Waals surface area contributed by atoms with Crippen molar-refractivity contribution in [2.45, 2.75) is 26.8 Å². The zero-order valence-electron chi connectivity index (χ0n) is 10.1. The number of esters is 1. The van der Waals surface area contributed by atoms with Crippen molar-refractivity contribution < 1.29 is 14.3 Å². The van der Waals surface area contributed by atoms with Crippen LogP contribution in [0.4, 0.5) is 0 Å². The fourth-order valence-electron chi connectivity index (χ4n) is 1.11. The largest absolute Gasteiger partial charge is 0.464 e. The van der Waals surface area contributed by atoms with E-state index in [4.69, 9.17) is 4.74 Å². The molecule has 0 aliphatic rings. The van der Waals surface area contributed by atoms with Crippen molar-refractivity contribution in [1.29, 1.82) is 0 Å². The molecule has 1 rings (SSSR count).